The van der Waals surface area contributed by atoms with Gasteiger partial charge in [0.25, 0.3) is 0 Å². The van der Waals surface area contributed by atoms with Crippen LogP contribution < -0.4 is 10.5 Å². The highest BCUT2D eigenvalue weighted by Crippen LogP contribution is 2.23. The summed E-state index contributed by atoms with van der Waals surface area (Å²) in [4.78, 5) is 0. The fourth-order valence-electron chi connectivity index (χ4n) is 1.94. The summed E-state index contributed by atoms with van der Waals surface area (Å²) in [6.07, 6.45) is 0.825. The Morgan fingerprint density at radius 2 is 1.62 bits per heavy atom. The smallest absolute Gasteiger partial charge is 0.125 e. The van der Waals surface area contributed by atoms with E-state index >= 15 is 0 Å². The van der Waals surface area contributed by atoms with Gasteiger partial charge < -0.3 is 24.7 Å². The number of hydrogen-bond donors (Lipinski definition) is 1. The van der Waals surface area contributed by atoms with Crippen LogP contribution in [0.5, 0.6) is 5.75 Å². The minimum absolute atomic E-state index is 0.528. The maximum absolute atomic E-state index is 5.82. The summed E-state index contributed by atoms with van der Waals surface area (Å²) in [5.41, 5.74) is 7.90. The van der Waals surface area contributed by atoms with Crippen LogP contribution in [-0.2, 0) is 20.6 Å². The van der Waals surface area contributed by atoms with Gasteiger partial charge in [0.05, 0.1) is 33.0 Å². The first kappa shape index (κ1) is 17.9. The molecule has 0 amide bonds. The van der Waals surface area contributed by atoms with E-state index in [-0.39, 0.29) is 0 Å². The standard InChI is InChI=1S/C16H27NO4/c1-14-4-3-5-15(6-7-17)16(14)21-13-12-20-11-10-19-9-8-18-2/h3-5H,6-13,17H2,1-2H3. The summed E-state index contributed by atoms with van der Waals surface area (Å²) >= 11 is 0. The fraction of sp³-hybridized carbons (Fsp3) is 0.625. The number of hydrogen-bond acceptors (Lipinski definition) is 5. The Morgan fingerprint density at radius 3 is 2.29 bits per heavy atom. The molecule has 0 unspecified atom stereocenters. The molecular weight excluding hydrogens is 270 g/mol. The van der Waals surface area contributed by atoms with Gasteiger partial charge in [-0.2, -0.15) is 0 Å². The molecule has 5 nitrogen and oxygen atoms in total. The quantitative estimate of drug-likeness (QED) is 0.593. The predicted molar refractivity (Wildman–Crippen MR) is 82.9 cm³/mol. The van der Waals surface area contributed by atoms with Crippen LogP contribution in [0.1, 0.15) is 11.1 Å². The number of benzene rings is 1. The van der Waals surface area contributed by atoms with Gasteiger partial charge in [0.2, 0.25) is 0 Å². The molecule has 0 saturated heterocycles. The molecule has 1 aromatic carbocycles. The van der Waals surface area contributed by atoms with Crippen molar-refractivity contribution in [1.82, 2.24) is 0 Å². The highest BCUT2D eigenvalue weighted by Gasteiger charge is 2.06. The minimum atomic E-state index is 0.528. The number of rotatable bonds is 12. The van der Waals surface area contributed by atoms with Gasteiger partial charge in [0.1, 0.15) is 12.4 Å². The Morgan fingerprint density at radius 1 is 0.952 bits per heavy atom. The number of para-hydroxylation sites is 1. The molecule has 1 aromatic rings. The van der Waals surface area contributed by atoms with Crippen molar-refractivity contribution in [1.29, 1.82) is 0 Å². The summed E-state index contributed by atoms with van der Waals surface area (Å²) in [7, 11) is 1.65. The van der Waals surface area contributed by atoms with Crippen molar-refractivity contribution in [2.45, 2.75) is 13.3 Å². The molecule has 2 N–H and O–H groups in total. The second kappa shape index (κ2) is 11.5. The Kier molecular flexibility index (Phi) is 9.82. The van der Waals surface area contributed by atoms with E-state index in [2.05, 4.69) is 6.07 Å². The van der Waals surface area contributed by atoms with E-state index in [1.165, 1.54) is 0 Å². The summed E-state index contributed by atoms with van der Waals surface area (Å²) in [6.45, 7) is 6.09. The average Bonchev–Trinajstić information content (AvgIpc) is 2.48. The molecule has 120 valence electrons. The first-order valence-corrected chi connectivity index (χ1v) is 7.35. The lowest BCUT2D eigenvalue weighted by atomic mass is 10.1. The van der Waals surface area contributed by atoms with Gasteiger partial charge in [0.15, 0.2) is 0 Å². The van der Waals surface area contributed by atoms with Crippen molar-refractivity contribution in [2.75, 3.05) is 53.3 Å². The summed E-state index contributed by atoms with van der Waals surface area (Å²) in [5, 5.41) is 0. The molecule has 0 heterocycles. The van der Waals surface area contributed by atoms with E-state index in [1.807, 2.05) is 19.1 Å². The summed E-state index contributed by atoms with van der Waals surface area (Å²) in [5.74, 6) is 0.933. The SMILES string of the molecule is COCCOCCOCCOc1c(C)cccc1CCN. The van der Waals surface area contributed by atoms with E-state index in [4.69, 9.17) is 24.7 Å². The second-order valence-corrected chi connectivity index (χ2v) is 4.67. The number of nitrogens with two attached hydrogens (primary N) is 1. The molecule has 0 aliphatic heterocycles. The van der Waals surface area contributed by atoms with Gasteiger partial charge in [0, 0.05) is 7.11 Å². The lowest BCUT2D eigenvalue weighted by Gasteiger charge is -2.14. The van der Waals surface area contributed by atoms with Crippen molar-refractivity contribution in [3.63, 3.8) is 0 Å². The molecule has 0 radical (unpaired) electrons. The third-order valence-corrected chi connectivity index (χ3v) is 2.98. The highest BCUT2D eigenvalue weighted by molar-refractivity contribution is 5.40. The van der Waals surface area contributed by atoms with Gasteiger partial charge in [-0.15, -0.1) is 0 Å². The lowest BCUT2D eigenvalue weighted by molar-refractivity contribution is 0.0178. The molecule has 0 aliphatic rings. The van der Waals surface area contributed by atoms with E-state index < -0.39 is 0 Å². The van der Waals surface area contributed by atoms with Crippen LogP contribution in [0.4, 0.5) is 0 Å². The Bertz CT molecular complexity index is 385. The summed E-state index contributed by atoms with van der Waals surface area (Å²) in [6, 6.07) is 6.13. The molecule has 0 atom stereocenters. The van der Waals surface area contributed by atoms with Gasteiger partial charge in [-0.3, -0.25) is 0 Å². The average molecular weight is 297 g/mol. The van der Waals surface area contributed by atoms with Crippen molar-refractivity contribution in [3.8, 4) is 5.75 Å². The van der Waals surface area contributed by atoms with Crippen LogP contribution in [0.15, 0.2) is 18.2 Å². The van der Waals surface area contributed by atoms with Crippen LogP contribution in [0.2, 0.25) is 0 Å². The number of aryl methyl sites for hydroxylation is 1. The number of methoxy groups -OCH3 is 1. The summed E-state index contributed by atoms with van der Waals surface area (Å²) < 4.78 is 21.5. The number of ether oxygens (including phenoxy) is 4. The van der Waals surface area contributed by atoms with Crippen LogP contribution >= 0.6 is 0 Å². The molecule has 21 heavy (non-hydrogen) atoms. The molecular formula is C16H27NO4. The zero-order chi connectivity index (χ0) is 15.3. The van der Waals surface area contributed by atoms with E-state index in [0.717, 1.165) is 23.3 Å². The maximum atomic E-state index is 5.82. The first-order valence-electron chi connectivity index (χ1n) is 7.35. The second-order valence-electron chi connectivity index (χ2n) is 4.67. The molecule has 1 rings (SSSR count). The topological polar surface area (TPSA) is 62.9 Å². The van der Waals surface area contributed by atoms with Gasteiger partial charge in [-0.05, 0) is 31.0 Å². The van der Waals surface area contributed by atoms with Gasteiger partial charge in [-0.25, -0.2) is 0 Å². The van der Waals surface area contributed by atoms with Crippen LogP contribution in [0.3, 0.4) is 0 Å². The van der Waals surface area contributed by atoms with Crippen LogP contribution in [0, 0.1) is 6.92 Å². The molecule has 0 spiro atoms. The highest BCUT2D eigenvalue weighted by atomic mass is 16.6. The third kappa shape index (κ3) is 7.43. The monoisotopic (exact) mass is 297 g/mol. The van der Waals surface area contributed by atoms with Crippen molar-refractivity contribution in [3.05, 3.63) is 29.3 Å². The molecule has 0 aromatic heterocycles. The molecule has 5 heteroatoms. The maximum Gasteiger partial charge on any atom is 0.125 e. The van der Waals surface area contributed by atoms with E-state index in [1.54, 1.807) is 7.11 Å². The Hall–Kier alpha value is -1.14. The molecule has 0 bridgehead atoms. The minimum Gasteiger partial charge on any atom is -0.491 e. The van der Waals surface area contributed by atoms with E-state index in [0.29, 0.717) is 46.2 Å². The molecule has 0 fully saturated rings. The zero-order valence-corrected chi connectivity index (χ0v) is 13.1. The Balaban J connectivity index is 2.18. The fourth-order valence-corrected chi connectivity index (χ4v) is 1.94. The van der Waals surface area contributed by atoms with E-state index in [9.17, 15) is 0 Å². The van der Waals surface area contributed by atoms with Gasteiger partial charge >= 0.3 is 0 Å². The normalized spacial score (nSPS) is 10.8. The van der Waals surface area contributed by atoms with Crippen molar-refractivity contribution in [2.24, 2.45) is 5.73 Å². The predicted octanol–water partition coefficient (Wildman–Crippen LogP) is 1.55. The first-order chi connectivity index (χ1) is 10.3. The molecule has 0 saturated carbocycles. The third-order valence-electron chi connectivity index (χ3n) is 2.98. The van der Waals surface area contributed by atoms with Crippen LogP contribution in [0.25, 0.3) is 0 Å². The van der Waals surface area contributed by atoms with Gasteiger partial charge in [-0.1, -0.05) is 18.2 Å². The largest absolute Gasteiger partial charge is 0.491 e. The lowest BCUT2D eigenvalue weighted by Crippen LogP contribution is -2.13. The zero-order valence-electron chi connectivity index (χ0n) is 13.1. The Labute approximate surface area is 127 Å². The molecule has 0 aliphatic carbocycles. The van der Waals surface area contributed by atoms with Crippen molar-refractivity contribution < 1.29 is 18.9 Å². The van der Waals surface area contributed by atoms with Crippen LogP contribution in [-0.4, -0.2) is 53.3 Å². The van der Waals surface area contributed by atoms with Crippen molar-refractivity contribution >= 4 is 0 Å².